The topological polar surface area (TPSA) is 0 Å². The lowest BCUT2D eigenvalue weighted by molar-refractivity contribution is 0.474. The molecule has 0 saturated heterocycles. The van der Waals surface area contributed by atoms with Crippen LogP contribution in [0.5, 0.6) is 0 Å². The van der Waals surface area contributed by atoms with E-state index in [4.69, 9.17) is 0 Å². The monoisotopic (exact) mass is 150 g/mol. The lowest BCUT2D eigenvalue weighted by Crippen LogP contribution is -2.11. The van der Waals surface area contributed by atoms with Crippen molar-refractivity contribution < 1.29 is 0 Å². The van der Waals surface area contributed by atoms with Gasteiger partial charge >= 0.3 is 0 Å². The van der Waals surface area contributed by atoms with E-state index in [2.05, 4.69) is 45.9 Å². The second-order valence-electron chi connectivity index (χ2n) is 4.39. The third kappa shape index (κ3) is 2.21. The van der Waals surface area contributed by atoms with Crippen LogP contribution in [-0.4, -0.2) is 0 Å². The Kier molecular flexibility index (Phi) is 2.22. The van der Waals surface area contributed by atoms with Gasteiger partial charge in [0.15, 0.2) is 0 Å². The number of hydrogen-bond donors (Lipinski definition) is 0. The molecule has 0 spiro atoms. The highest BCUT2D eigenvalue weighted by molar-refractivity contribution is 5.27. The molecule has 0 amide bonds. The lowest BCUT2D eigenvalue weighted by atomic mass is 9.81. The van der Waals surface area contributed by atoms with Gasteiger partial charge in [0.2, 0.25) is 0 Å². The van der Waals surface area contributed by atoms with Gasteiger partial charge in [-0.1, -0.05) is 45.9 Å². The highest BCUT2D eigenvalue weighted by Crippen LogP contribution is 2.31. The fraction of sp³-hybridized carbons (Fsp3) is 0.636. The van der Waals surface area contributed by atoms with Crippen molar-refractivity contribution in [2.45, 2.75) is 34.1 Å². The fourth-order valence-corrected chi connectivity index (χ4v) is 1.42. The minimum absolute atomic E-state index is 0.383. The van der Waals surface area contributed by atoms with Gasteiger partial charge in [-0.3, -0.25) is 0 Å². The number of allylic oxidation sites excluding steroid dienone is 4. The zero-order valence-electron chi connectivity index (χ0n) is 8.02. The first-order chi connectivity index (χ1) is 5.01. The molecule has 0 fully saturated rings. The Balaban J connectivity index is 2.81. The summed E-state index contributed by atoms with van der Waals surface area (Å²) in [5, 5.41) is 0. The first-order valence-corrected chi connectivity index (χ1v) is 4.40. The number of rotatable bonds is 1. The van der Waals surface area contributed by atoms with Crippen LogP contribution in [0, 0.1) is 11.3 Å². The maximum atomic E-state index is 2.40. The fourth-order valence-electron chi connectivity index (χ4n) is 1.42. The third-order valence-electron chi connectivity index (χ3n) is 2.18. The van der Waals surface area contributed by atoms with Gasteiger partial charge in [0, 0.05) is 0 Å². The van der Waals surface area contributed by atoms with E-state index >= 15 is 0 Å². The first-order valence-electron chi connectivity index (χ1n) is 4.40. The molecule has 0 radical (unpaired) electrons. The standard InChI is InChI=1S/C11H18/c1-9(2)10-6-5-7-11(3,4)8-10/h5-6,8-9H,7H2,1-4H3. The van der Waals surface area contributed by atoms with Crippen LogP contribution in [0.3, 0.4) is 0 Å². The van der Waals surface area contributed by atoms with E-state index in [0.29, 0.717) is 11.3 Å². The maximum Gasteiger partial charge on any atom is -0.0134 e. The highest BCUT2D eigenvalue weighted by Gasteiger charge is 2.17. The van der Waals surface area contributed by atoms with Crippen molar-refractivity contribution in [2.75, 3.05) is 0 Å². The third-order valence-corrected chi connectivity index (χ3v) is 2.18. The number of hydrogen-bond acceptors (Lipinski definition) is 0. The Bertz CT molecular complexity index is 192. The molecule has 0 bridgehead atoms. The van der Waals surface area contributed by atoms with Crippen molar-refractivity contribution in [1.29, 1.82) is 0 Å². The molecule has 0 heteroatoms. The molecule has 0 heterocycles. The van der Waals surface area contributed by atoms with Crippen molar-refractivity contribution in [2.24, 2.45) is 11.3 Å². The summed E-state index contributed by atoms with van der Waals surface area (Å²) in [5.41, 5.74) is 1.87. The summed E-state index contributed by atoms with van der Waals surface area (Å²) >= 11 is 0. The predicted octanol–water partition coefficient (Wildman–Crippen LogP) is 3.55. The first kappa shape index (κ1) is 8.58. The minimum atomic E-state index is 0.383. The summed E-state index contributed by atoms with van der Waals surface area (Å²) in [4.78, 5) is 0. The SMILES string of the molecule is CC(C)C1=CC(C)(C)CC=C1. The zero-order valence-corrected chi connectivity index (χ0v) is 8.02. The second-order valence-corrected chi connectivity index (χ2v) is 4.39. The van der Waals surface area contributed by atoms with Gasteiger partial charge in [-0.2, -0.15) is 0 Å². The van der Waals surface area contributed by atoms with Crippen molar-refractivity contribution in [3.8, 4) is 0 Å². The van der Waals surface area contributed by atoms with Gasteiger partial charge in [-0.25, -0.2) is 0 Å². The van der Waals surface area contributed by atoms with Crippen LogP contribution in [0.4, 0.5) is 0 Å². The zero-order chi connectivity index (χ0) is 8.48. The van der Waals surface area contributed by atoms with Crippen LogP contribution in [0.1, 0.15) is 34.1 Å². The van der Waals surface area contributed by atoms with E-state index in [-0.39, 0.29) is 0 Å². The molecule has 0 nitrogen and oxygen atoms in total. The maximum absolute atomic E-state index is 2.40. The van der Waals surface area contributed by atoms with Crippen molar-refractivity contribution >= 4 is 0 Å². The summed E-state index contributed by atoms with van der Waals surface area (Å²) < 4.78 is 0. The molecule has 0 unspecified atom stereocenters. The Morgan fingerprint density at radius 2 is 2.00 bits per heavy atom. The lowest BCUT2D eigenvalue weighted by Gasteiger charge is -2.24. The minimum Gasteiger partial charge on any atom is -0.0834 e. The summed E-state index contributed by atoms with van der Waals surface area (Å²) in [7, 11) is 0. The van der Waals surface area contributed by atoms with Crippen molar-refractivity contribution in [3.63, 3.8) is 0 Å². The Morgan fingerprint density at radius 3 is 2.36 bits per heavy atom. The quantitative estimate of drug-likeness (QED) is 0.536. The van der Waals surface area contributed by atoms with Crippen LogP contribution >= 0.6 is 0 Å². The molecule has 0 aromatic carbocycles. The van der Waals surface area contributed by atoms with E-state index in [1.54, 1.807) is 0 Å². The van der Waals surface area contributed by atoms with E-state index < -0.39 is 0 Å². The summed E-state index contributed by atoms with van der Waals surface area (Å²) in [6.07, 6.45) is 8.13. The van der Waals surface area contributed by atoms with Crippen LogP contribution < -0.4 is 0 Å². The molecule has 0 aromatic heterocycles. The second kappa shape index (κ2) is 2.84. The molecular weight excluding hydrogens is 132 g/mol. The van der Waals surface area contributed by atoms with E-state index in [1.165, 1.54) is 12.0 Å². The van der Waals surface area contributed by atoms with Crippen molar-refractivity contribution in [3.05, 3.63) is 23.8 Å². The molecule has 1 aliphatic rings. The Labute approximate surface area is 70.0 Å². The average Bonchev–Trinajstić information content (AvgIpc) is 1.85. The van der Waals surface area contributed by atoms with Gasteiger partial charge in [-0.15, -0.1) is 0 Å². The van der Waals surface area contributed by atoms with Crippen molar-refractivity contribution in [1.82, 2.24) is 0 Å². The predicted molar refractivity (Wildman–Crippen MR) is 50.5 cm³/mol. The molecule has 1 aliphatic carbocycles. The molecule has 0 N–H and O–H groups in total. The van der Waals surface area contributed by atoms with Gasteiger partial charge in [0.05, 0.1) is 0 Å². The molecule has 0 aliphatic heterocycles. The van der Waals surface area contributed by atoms with Gasteiger partial charge in [0.1, 0.15) is 0 Å². The van der Waals surface area contributed by atoms with Gasteiger partial charge in [0.25, 0.3) is 0 Å². The summed E-state index contributed by atoms with van der Waals surface area (Å²) in [6, 6.07) is 0. The van der Waals surface area contributed by atoms with E-state index in [0.717, 1.165) is 0 Å². The molecular formula is C11H18. The van der Waals surface area contributed by atoms with E-state index in [9.17, 15) is 0 Å². The largest absolute Gasteiger partial charge is 0.0834 e. The van der Waals surface area contributed by atoms with E-state index in [1.807, 2.05) is 0 Å². The Morgan fingerprint density at radius 1 is 1.36 bits per heavy atom. The molecule has 0 saturated carbocycles. The van der Waals surface area contributed by atoms with Crippen LogP contribution in [0.25, 0.3) is 0 Å². The van der Waals surface area contributed by atoms with Gasteiger partial charge < -0.3 is 0 Å². The summed E-state index contributed by atoms with van der Waals surface area (Å²) in [6.45, 7) is 9.08. The van der Waals surface area contributed by atoms with Gasteiger partial charge in [-0.05, 0) is 23.3 Å². The molecule has 11 heavy (non-hydrogen) atoms. The molecule has 0 atom stereocenters. The normalized spacial score (nSPS) is 22.1. The Hall–Kier alpha value is -0.520. The smallest absolute Gasteiger partial charge is 0.0134 e. The molecule has 0 aromatic rings. The molecule has 1 rings (SSSR count). The molecule has 62 valence electrons. The van der Waals surface area contributed by atoms with Crippen LogP contribution in [-0.2, 0) is 0 Å². The highest BCUT2D eigenvalue weighted by atomic mass is 14.2. The van der Waals surface area contributed by atoms with Crippen LogP contribution in [0.2, 0.25) is 0 Å². The summed E-state index contributed by atoms with van der Waals surface area (Å²) in [5.74, 6) is 0.672. The average molecular weight is 150 g/mol. The van der Waals surface area contributed by atoms with Crippen LogP contribution in [0.15, 0.2) is 23.8 Å².